The first kappa shape index (κ1) is 23.4. The first-order chi connectivity index (χ1) is 16.8. The molecule has 1 aliphatic carbocycles. The highest BCUT2D eigenvalue weighted by atomic mass is 16.6. The first-order valence-corrected chi connectivity index (χ1v) is 12.0. The van der Waals surface area contributed by atoms with Crippen molar-refractivity contribution < 1.29 is 29.0 Å². The van der Waals surface area contributed by atoms with Gasteiger partial charge in [0.05, 0.1) is 11.5 Å². The normalized spacial score (nSPS) is 27.4. The van der Waals surface area contributed by atoms with Crippen LogP contribution in [0.15, 0.2) is 48.5 Å². The van der Waals surface area contributed by atoms with Gasteiger partial charge >= 0.3 is 12.1 Å². The summed E-state index contributed by atoms with van der Waals surface area (Å²) in [5.74, 6) is -1.44. The van der Waals surface area contributed by atoms with Crippen LogP contribution in [0.3, 0.4) is 0 Å². The van der Waals surface area contributed by atoms with Gasteiger partial charge in [0.25, 0.3) is 5.91 Å². The van der Waals surface area contributed by atoms with Gasteiger partial charge in [-0.05, 0) is 41.5 Å². The summed E-state index contributed by atoms with van der Waals surface area (Å²) in [7, 11) is 0. The zero-order valence-electron chi connectivity index (χ0n) is 19.9. The molecular formula is C27H30N2O6. The third-order valence-electron chi connectivity index (χ3n) is 7.88. The number of fused-ring (bicyclic) bond motifs is 3. The molecule has 2 aromatic carbocycles. The second-order valence-corrected chi connectivity index (χ2v) is 10.00. The molecule has 0 unspecified atom stereocenters. The lowest BCUT2D eigenvalue weighted by Gasteiger charge is -2.26. The smallest absolute Gasteiger partial charge is 0.407 e. The second-order valence-electron chi connectivity index (χ2n) is 10.00. The summed E-state index contributed by atoms with van der Waals surface area (Å²) in [6, 6.07) is 15.7. The number of rotatable bonds is 5. The van der Waals surface area contributed by atoms with E-state index in [1.807, 2.05) is 31.2 Å². The number of ether oxygens (including phenoxy) is 2. The van der Waals surface area contributed by atoms with Gasteiger partial charge in [-0.25, -0.2) is 4.79 Å². The molecule has 2 aromatic rings. The van der Waals surface area contributed by atoms with E-state index < -0.39 is 29.6 Å². The maximum Gasteiger partial charge on any atom is 0.407 e. The molecule has 3 aliphatic rings. The number of carboxylic acid groups (broad SMARTS) is 1. The summed E-state index contributed by atoms with van der Waals surface area (Å²) in [4.78, 5) is 39.1. The predicted octanol–water partition coefficient (Wildman–Crippen LogP) is 3.25. The quantitative estimate of drug-likeness (QED) is 0.684. The Morgan fingerprint density at radius 3 is 2.34 bits per heavy atom. The Morgan fingerprint density at radius 1 is 1.11 bits per heavy atom. The van der Waals surface area contributed by atoms with Gasteiger partial charge in [0.15, 0.2) is 6.10 Å². The summed E-state index contributed by atoms with van der Waals surface area (Å²) in [5.41, 5.74) is 3.57. The highest BCUT2D eigenvalue weighted by molar-refractivity contribution is 5.85. The van der Waals surface area contributed by atoms with E-state index in [4.69, 9.17) is 9.47 Å². The molecule has 2 N–H and O–H groups in total. The van der Waals surface area contributed by atoms with Crippen molar-refractivity contribution in [3.8, 4) is 11.1 Å². The molecule has 0 radical (unpaired) electrons. The SMILES string of the molecule is C[C@@H]1CN(C(=O)[C@@H]2OCC[C@@H]2NC(=O)OCC2c3ccccc3-c3ccccc32)C[C@@]1(C)C(=O)O. The molecule has 2 amide bonds. The Bertz CT molecular complexity index is 1120. The molecule has 2 heterocycles. The van der Waals surface area contributed by atoms with Crippen LogP contribution in [0, 0.1) is 11.3 Å². The molecule has 5 rings (SSSR count). The fourth-order valence-electron chi connectivity index (χ4n) is 5.55. The van der Waals surface area contributed by atoms with Crippen molar-refractivity contribution in [2.75, 3.05) is 26.3 Å². The van der Waals surface area contributed by atoms with Crippen molar-refractivity contribution in [1.29, 1.82) is 0 Å². The van der Waals surface area contributed by atoms with Gasteiger partial charge in [-0.2, -0.15) is 0 Å². The number of aliphatic carboxylic acids is 1. The average molecular weight is 479 g/mol. The van der Waals surface area contributed by atoms with E-state index in [-0.39, 0.29) is 30.9 Å². The van der Waals surface area contributed by atoms with E-state index >= 15 is 0 Å². The van der Waals surface area contributed by atoms with Crippen molar-refractivity contribution >= 4 is 18.0 Å². The molecule has 0 bridgehead atoms. The number of benzene rings is 2. The Kier molecular flexibility index (Phi) is 6.01. The van der Waals surface area contributed by atoms with E-state index in [2.05, 4.69) is 29.6 Å². The Balaban J connectivity index is 1.21. The van der Waals surface area contributed by atoms with Gasteiger partial charge < -0.3 is 24.8 Å². The zero-order chi connectivity index (χ0) is 24.7. The van der Waals surface area contributed by atoms with Gasteiger partial charge in [0, 0.05) is 25.6 Å². The van der Waals surface area contributed by atoms with Crippen molar-refractivity contribution in [3.05, 3.63) is 59.7 Å². The molecular weight excluding hydrogens is 448 g/mol. The molecule has 184 valence electrons. The Hall–Kier alpha value is -3.39. The molecule has 2 fully saturated rings. The van der Waals surface area contributed by atoms with Gasteiger partial charge in [-0.3, -0.25) is 9.59 Å². The van der Waals surface area contributed by atoms with Crippen LogP contribution in [0.1, 0.15) is 37.3 Å². The lowest BCUT2D eigenvalue weighted by Crippen LogP contribution is -2.49. The topological polar surface area (TPSA) is 105 Å². The van der Waals surface area contributed by atoms with Crippen LogP contribution in [0.5, 0.6) is 0 Å². The van der Waals surface area contributed by atoms with Crippen molar-refractivity contribution in [2.45, 2.75) is 38.3 Å². The van der Waals surface area contributed by atoms with Crippen molar-refractivity contribution in [1.82, 2.24) is 10.2 Å². The summed E-state index contributed by atoms with van der Waals surface area (Å²) in [5, 5.41) is 12.4. The van der Waals surface area contributed by atoms with Crippen molar-refractivity contribution in [3.63, 3.8) is 0 Å². The third-order valence-corrected chi connectivity index (χ3v) is 7.88. The summed E-state index contributed by atoms with van der Waals surface area (Å²) < 4.78 is 11.3. The number of alkyl carbamates (subject to hydrolysis) is 1. The number of likely N-dealkylation sites (tertiary alicyclic amines) is 1. The minimum atomic E-state index is -0.996. The van der Waals surface area contributed by atoms with E-state index in [0.29, 0.717) is 19.6 Å². The molecule has 0 saturated carbocycles. The van der Waals surface area contributed by atoms with Crippen LogP contribution in [0.2, 0.25) is 0 Å². The highest BCUT2D eigenvalue weighted by Crippen LogP contribution is 2.44. The van der Waals surface area contributed by atoms with E-state index in [1.54, 1.807) is 11.8 Å². The lowest BCUT2D eigenvalue weighted by atomic mass is 9.81. The number of carbonyl (C=O) groups is 3. The average Bonchev–Trinajstić information content (AvgIpc) is 3.52. The first-order valence-electron chi connectivity index (χ1n) is 12.0. The van der Waals surface area contributed by atoms with Crippen LogP contribution < -0.4 is 5.32 Å². The van der Waals surface area contributed by atoms with E-state index in [9.17, 15) is 19.5 Å². The number of nitrogens with zero attached hydrogens (tertiary/aromatic N) is 1. The standard InChI is InChI=1S/C27H30N2O6/c1-16-13-29(15-27(16,2)25(31)32)24(30)23-22(11-12-34-23)28-26(33)35-14-21-19-9-5-3-7-17(19)18-8-4-6-10-20(18)21/h3-10,16,21-23H,11-15H2,1-2H3,(H,28,33)(H,31,32)/t16-,22+,23-,27-/m1/s1. The van der Waals surface area contributed by atoms with Gasteiger partial charge in [-0.1, -0.05) is 55.5 Å². The maximum absolute atomic E-state index is 13.2. The Morgan fingerprint density at radius 2 is 1.74 bits per heavy atom. The Labute approximate surface area is 204 Å². The minimum absolute atomic E-state index is 0.0507. The second kappa shape index (κ2) is 9.00. The third kappa shape index (κ3) is 4.05. The largest absolute Gasteiger partial charge is 0.481 e. The van der Waals surface area contributed by atoms with Crippen molar-refractivity contribution in [2.24, 2.45) is 11.3 Å². The molecule has 8 nitrogen and oxygen atoms in total. The number of carboxylic acids is 1. The van der Waals surface area contributed by atoms with Crippen LogP contribution in [0.4, 0.5) is 4.79 Å². The zero-order valence-corrected chi connectivity index (χ0v) is 19.9. The number of carbonyl (C=O) groups excluding carboxylic acids is 2. The molecule has 2 saturated heterocycles. The molecule has 35 heavy (non-hydrogen) atoms. The fourth-order valence-corrected chi connectivity index (χ4v) is 5.55. The predicted molar refractivity (Wildman–Crippen MR) is 128 cm³/mol. The van der Waals surface area contributed by atoms with Crippen LogP contribution in [-0.4, -0.2) is 66.4 Å². The highest BCUT2D eigenvalue weighted by Gasteiger charge is 2.50. The summed E-state index contributed by atoms with van der Waals surface area (Å²) in [6.07, 6.45) is -0.954. The number of hydrogen-bond donors (Lipinski definition) is 2. The van der Waals surface area contributed by atoms with Gasteiger partial charge in [-0.15, -0.1) is 0 Å². The number of amides is 2. The van der Waals surface area contributed by atoms with E-state index in [0.717, 1.165) is 22.3 Å². The van der Waals surface area contributed by atoms with Crippen LogP contribution >= 0.6 is 0 Å². The number of hydrogen-bond acceptors (Lipinski definition) is 5. The lowest BCUT2D eigenvalue weighted by molar-refractivity contribution is -0.149. The number of nitrogens with one attached hydrogen (secondary N) is 1. The summed E-state index contributed by atoms with van der Waals surface area (Å²) in [6.45, 7) is 4.49. The fraction of sp³-hybridized carbons (Fsp3) is 0.444. The maximum atomic E-state index is 13.2. The van der Waals surface area contributed by atoms with Gasteiger partial charge in [0.2, 0.25) is 0 Å². The summed E-state index contributed by atoms with van der Waals surface area (Å²) >= 11 is 0. The monoisotopic (exact) mass is 478 g/mol. The molecule has 2 aliphatic heterocycles. The van der Waals surface area contributed by atoms with Crippen LogP contribution in [-0.2, 0) is 19.1 Å². The molecule has 0 spiro atoms. The van der Waals surface area contributed by atoms with Gasteiger partial charge in [0.1, 0.15) is 6.61 Å². The van der Waals surface area contributed by atoms with E-state index in [1.165, 1.54) is 0 Å². The molecule has 4 atom stereocenters. The minimum Gasteiger partial charge on any atom is -0.481 e. The molecule has 8 heteroatoms. The van der Waals surface area contributed by atoms with Crippen LogP contribution in [0.25, 0.3) is 11.1 Å². The molecule has 0 aromatic heterocycles.